The number of benzene rings is 2. The molecule has 0 bridgehead atoms. The number of amides is 5. The Morgan fingerprint density at radius 1 is 1.06 bits per heavy atom. The summed E-state index contributed by atoms with van der Waals surface area (Å²) >= 11 is 0. The van der Waals surface area contributed by atoms with Gasteiger partial charge in [-0.2, -0.15) is 5.01 Å². The van der Waals surface area contributed by atoms with Gasteiger partial charge in [0.1, 0.15) is 5.54 Å². The van der Waals surface area contributed by atoms with Gasteiger partial charge in [-0.3, -0.25) is 19.8 Å². The van der Waals surface area contributed by atoms with E-state index >= 15 is 0 Å². The molecule has 12 heteroatoms. The number of sulfonamides is 1. The average Bonchev–Trinajstić information content (AvgIpc) is 3.08. The second-order valence-corrected chi connectivity index (χ2v) is 9.88. The summed E-state index contributed by atoms with van der Waals surface area (Å²) in [4.78, 5) is 50.2. The molecule has 1 aliphatic rings. The third kappa shape index (κ3) is 4.63. The van der Waals surface area contributed by atoms with Crippen LogP contribution in [0.1, 0.15) is 29.3 Å². The average molecular weight is 488 g/mol. The van der Waals surface area contributed by atoms with Crippen LogP contribution in [0.25, 0.3) is 0 Å². The molecular formula is C22H25N5O6S. The van der Waals surface area contributed by atoms with Crippen LogP contribution in [0.3, 0.4) is 0 Å². The van der Waals surface area contributed by atoms with Gasteiger partial charge in [0.2, 0.25) is 10.0 Å². The van der Waals surface area contributed by atoms with Crippen LogP contribution in [-0.4, -0.2) is 62.1 Å². The van der Waals surface area contributed by atoms with E-state index in [-0.39, 0.29) is 16.9 Å². The zero-order valence-electron chi connectivity index (χ0n) is 18.9. The van der Waals surface area contributed by atoms with Crippen molar-refractivity contribution in [2.24, 2.45) is 0 Å². The standard InChI is InChI=1S/C22H25N5O6S/c1-4-22(16-10-6-5-7-11-16)20(30)27(21(31)24-22)25-18(28)14-23-19(29)15-9-8-12-17(13-15)34(32,33)26(2)3/h5-13H,4,14H2,1-3H3,(H,23,29)(H,24,31)(H,25,28). The molecule has 1 heterocycles. The van der Waals surface area contributed by atoms with Crippen LogP contribution >= 0.6 is 0 Å². The van der Waals surface area contributed by atoms with Gasteiger partial charge < -0.3 is 10.6 Å². The largest absolute Gasteiger partial charge is 0.344 e. The Morgan fingerprint density at radius 3 is 2.35 bits per heavy atom. The zero-order chi connectivity index (χ0) is 25.1. The normalized spacial score (nSPS) is 18.1. The highest BCUT2D eigenvalue weighted by molar-refractivity contribution is 7.89. The Bertz CT molecular complexity index is 1230. The van der Waals surface area contributed by atoms with E-state index in [0.717, 1.165) is 4.31 Å². The van der Waals surface area contributed by atoms with E-state index in [9.17, 15) is 27.6 Å². The molecule has 0 aliphatic carbocycles. The molecule has 1 fully saturated rings. The van der Waals surface area contributed by atoms with E-state index in [2.05, 4.69) is 16.1 Å². The van der Waals surface area contributed by atoms with Gasteiger partial charge in [0.25, 0.3) is 17.7 Å². The summed E-state index contributed by atoms with van der Waals surface area (Å²) in [5, 5.41) is 5.57. The third-order valence-electron chi connectivity index (χ3n) is 5.41. The van der Waals surface area contributed by atoms with Gasteiger partial charge in [0.05, 0.1) is 11.4 Å². The number of carbonyl (C=O) groups is 4. The van der Waals surface area contributed by atoms with Gasteiger partial charge in [-0.15, -0.1) is 0 Å². The first-order valence-corrected chi connectivity index (χ1v) is 11.8. The number of urea groups is 1. The molecule has 2 aromatic carbocycles. The smallest absolute Gasteiger partial charge is 0.343 e. The molecule has 1 aliphatic heterocycles. The lowest BCUT2D eigenvalue weighted by Gasteiger charge is -2.25. The van der Waals surface area contributed by atoms with Crippen molar-refractivity contribution >= 4 is 33.8 Å². The molecule has 0 spiro atoms. The lowest BCUT2D eigenvalue weighted by atomic mass is 9.87. The first kappa shape index (κ1) is 24.9. The molecule has 11 nitrogen and oxygen atoms in total. The Morgan fingerprint density at radius 2 is 1.74 bits per heavy atom. The highest BCUT2D eigenvalue weighted by Gasteiger charge is 2.52. The predicted molar refractivity (Wildman–Crippen MR) is 122 cm³/mol. The molecule has 3 N–H and O–H groups in total. The predicted octanol–water partition coefficient (Wildman–Crippen LogP) is 0.555. The number of hydrogen-bond donors (Lipinski definition) is 3. The Kier molecular flexibility index (Phi) is 7.03. The number of nitrogens with zero attached hydrogens (tertiary/aromatic N) is 2. The highest BCUT2D eigenvalue weighted by Crippen LogP contribution is 2.31. The van der Waals surface area contributed by atoms with E-state index < -0.39 is 45.9 Å². The summed E-state index contributed by atoms with van der Waals surface area (Å²) in [6.07, 6.45) is 0.261. The lowest BCUT2D eigenvalue weighted by molar-refractivity contribution is -0.139. The third-order valence-corrected chi connectivity index (χ3v) is 7.22. The van der Waals surface area contributed by atoms with Crippen molar-refractivity contribution in [1.82, 2.24) is 25.4 Å². The van der Waals surface area contributed by atoms with Crippen molar-refractivity contribution in [3.8, 4) is 0 Å². The van der Waals surface area contributed by atoms with E-state index in [1.807, 2.05) is 0 Å². The Balaban J connectivity index is 1.66. The molecule has 0 radical (unpaired) electrons. The Labute approximate surface area is 197 Å². The van der Waals surface area contributed by atoms with Gasteiger partial charge in [-0.25, -0.2) is 17.5 Å². The van der Waals surface area contributed by atoms with Crippen LogP contribution in [0, 0.1) is 0 Å². The van der Waals surface area contributed by atoms with Crippen molar-refractivity contribution in [3.05, 3.63) is 65.7 Å². The fourth-order valence-electron chi connectivity index (χ4n) is 3.47. The highest BCUT2D eigenvalue weighted by atomic mass is 32.2. The van der Waals surface area contributed by atoms with Gasteiger partial charge >= 0.3 is 6.03 Å². The molecule has 1 atom stereocenters. The second-order valence-electron chi connectivity index (χ2n) is 7.73. The first-order chi connectivity index (χ1) is 16.0. The van der Waals surface area contributed by atoms with E-state index in [4.69, 9.17) is 0 Å². The van der Waals surface area contributed by atoms with Crippen LogP contribution in [0.2, 0.25) is 0 Å². The molecule has 3 rings (SSSR count). The van der Waals surface area contributed by atoms with Gasteiger partial charge in [-0.1, -0.05) is 43.3 Å². The molecule has 1 saturated heterocycles. The van der Waals surface area contributed by atoms with Crippen LogP contribution in [0.4, 0.5) is 4.79 Å². The van der Waals surface area contributed by atoms with Crippen molar-refractivity contribution in [2.45, 2.75) is 23.8 Å². The summed E-state index contributed by atoms with van der Waals surface area (Å²) in [7, 11) is -1.01. The monoisotopic (exact) mass is 487 g/mol. The maximum Gasteiger partial charge on any atom is 0.344 e. The van der Waals surface area contributed by atoms with E-state index in [0.29, 0.717) is 10.6 Å². The number of hydrogen-bond acceptors (Lipinski definition) is 6. The van der Waals surface area contributed by atoms with Gasteiger partial charge in [0.15, 0.2) is 0 Å². The van der Waals surface area contributed by atoms with Crippen molar-refractivity contribution < 1.29 is 27.6 Å². The van der Waals surface area contributed by atoms with Crippen LogP contribution in [0.5, 0.6) is 0 Å². The van der Waals surface area contributed by atoms with E-state index in [1.165, 1.54) is 38.4 Å². The minimum atomic E-state index is -3.74. The number of imide groups is 1. The summed E-state index contributed by atoms with van der Waals surface area (Å²) in [5.41, 5.74) is 1.50. The topological polar surface area (TPSA) is 145 Å². The lowest BCUT2D eigenvalue weighted by Crippen LogP contribution is -2.51. The number of nitrogens with one attached hydrogen (secondary N) is 3. The molecule has 1 unspecified atom stereocenters. The second kappa shape index (κ2) is 9.61. The molecule has 5 amide bonds. The van der Waals surface area contributed by atoms with Gasteiger partial charge in [0, 0.05) is 19.7 Å². The minimum Gasteiger partial charge on any atom is -0.343 e. The minimum absolute atomic E-state index is 0.0276. The molecule has 34 heavy (non-hydrogen) atoms. The summed E-state index contributed by atoms with van der Waals surface area (Å²) in [5.74, 6) is -2.16. The molecule has 0 aromatic heterocycles. The fourth-order valence-corrected chi connectivity index (χ4v) is 4.42. The van der Waals surface area contributed by atoms with E-state index in [1.54, 1.807) is 37.3 Å². The van der Waals surface area contributed by atoms with Crippen LogP contribution in [-0.2, 0) is 25.2 Å². The molecule has 2 aromatic rings. The summed E-state index contributed by atoms with van der Waals surface area (Å²) in [6.45, 7) is 1.19. The molecule has 0 saturated carbocycles. The Hall–Kier alpha value is -3.77. The SMILES string of the molecule is CCC1(c2ccccc2)NC(=O)N(NC(=O)CNC(=O)c2cccc(S(=O)(=O)N(C)C)c2)C1=O. The number of rotatable bonds is 8. The zero-order valence-corrected chi connectivity index (χ0v) is 19.7. The number of carbonyl (C=O) groups excluding carboxylic acids is 4. The maximum absolute atomic E-state index is 13.0. The van der Waals surface area contributed by atoms with Crippen molar-refractivity contribution in [3.63, 3.8) is 0 Å². The fraction of sp³-hybridized carbons (Fsp3) is 0.273. The molecule has 180 valence electrons. The quantitative estimate of drug-likeness (QED) is 0.464. The summed E-state index contributed by atoms with van der Waals surface area (Å²) in [6, 6.07) is 13.2. The summed E-state index contributed by atoms with van der Waals surface area (Å²) < 4.78 is 25.5. The van der Waals surface area contributed by atoms with Crippen LogP contribution in [0.15, 0.2) is 59.5 Å². The first-order valence-electron chi connectivity index (χ1n) is 10.4. The molecular weight excluding hydrogens is 462 g/mol. The van der Waals surface area contributed by atoms with Crippen LogP contribution < -0.4 is 16.1 Å². The number of hydrazine groups is 1. The van der Waals surface area contributed by atoms with Crippen molar-refractivity contribution in [1.29, 1.82) is 0 Å². The van der Waals surface area contributed by atoms with Crippen molar-refractivity contribution in [2.75, 3.05) is 20.6 Å². The maximum atomic E-state index is 13.0. The van der Waals surface area contributed by atoms with Gasteiger partial charge in [-0.05, 0) is 30.2 Å².